The van der Waals surface area contributed by atoms with Gasteiger partial charge in [-0.05, 0) is 78.8 Å². The average Bonchev–Trinajstić information content (AvgIpc) is 3.52. The molecule has 4 aromatic carbocycles. The molecule has 5 aromatic rings. The maximum absolute atomic E-state index is 14.0. The van der Waals surface area contributed by atoms with Crippen molar-refractivity contribution in [1.82, 2.24) is 5.32 Å². The van der Waals surface area contributed by atoms with Gasteiger partial charge in [0, 0.05) is 26.6 Å². The zero-order valence-corrected chi connectivity index (χ0v) is 31.1. The number of amides is 3. The zero-order valence-electron chi connectivity index (χ0n) is 29.5. The Morgan fingerprint density at radius 1 is 0.925 bits per heavy atom. The number of rotatable bonds is 12. The Morgan fingerprint density at radius 2 is 1.66 bits per heavy atom. The Kier molecular flexibility index (Phi) is 11.9. The number of ether oxygens (including phenoxy) is 2. The number of nitrogens with zero attached hydrogens (tertiary/aromatic N) is 1. The molecule has 0 fully saturated rings. The molecule has 3 amide bonds. The number of hydrogen-bond acceptors (Lipinski definition) is 8. The summed E-state index contributed by atoms with van der Waals surface area (Å²) in [6.45, 7) is 2.21. The van der Waals surface area contributed by atoms with Crippen molar-refractivity contribution >= 4 is 57.6 Å². The lowest BCUT2D eigenvalue weighted by Crippen LogP contribution is -2.30. The number of nitriles is 1. The largest absolute Gasteiger partial charge is 0.493 e. The van der Waals surface area contributed by atoms with E-state index in [1.807, 2.05) is 36.4 Å². The number of hydrogen-bond donors (Lipinski definition) is 3. The number of fused-ring (bicyclic) bond motifs is 1. The molecule has 11 heteroatoms. The molecular formula is C42H38N4O5S2. The smallest absolute Gasteiger partial charge is 0.272 e. The fraction of sp³-hybridized carbons (Fsp3) is 0.190. The molecular weight excluding hydrogens is 705 g/mol. The summed E-state index contributed by atoms with van der Waals surface area (Å²) in [6, 6.07) is 32.8. The molecule has 53 heavy (non-hydrogen) atoms. The predicted molar refractivity (Wildman–Crippen MR) is 210 cm³/mol. The molecule has 2 atom stereocenters. The van der Waals surface area contributed by atoms with E-state index in [0.29, 0.717) is 44.8 Å². The van der Waals surface area contributed by atoms with E-state index >= 15 is 0 Å². The summed E-state index contributed by atoms with van der Waals surface area (Å²) in [4.78, 5) is 43.1. The fourth-order valence-corrected chi connectivity index (χ4v) is 8.59. The van der Waals surface area contributed by atoms with Crippen LogP contribution in [0, 0.1) is 17.2 Å². The van der Waals surface area contributed by atoms with E-state index in [2.05, 4.69) is 28.9 Å². The maximum Gasteiger partial charge on any atom is 0.272 e. The third kappa shape index (κ3) is 8.80. The molecule has 2 unspecified atom stereocenters. The summed E-state index contributed by atoms with van der Waals surface area (Å²) in [6.07, 6.45) is 4.29. The van der Waals surface area contributed by atoms with Crippen LogP contribution in [0.25, 0.3) is 6.08 Å². The lowest BCUT2D eigenvalue weighted by molar-refractivity contribution is -0.116. The number of para-hydroxylation sites is 1. The van der Waals surface area contributed by atoms with Crippen LogP contribution >= 0.6 is 23.1 Å². The van der Waals surface area contributed by atoms with Crippen LogP contribution in [0.15, 0.2) is 114 Å². The van der Waals surface area contributed by atoms with E-state index in [1.54, 1.807) is 66.7 Å². The van der Waals surface area contributed by atoms with Gasteiger partial charge in [-0.3, -0.25) is 14.4 Å². The van der Waals surface area contributed by atoms with Gasteiger partial charge in [0.25, 0.3) is 11.8 Å². The third-order valence-corrected chi connectivity index (χ3v) is 11.2. The average molecular weight is 743 g/mol. The van der Waals surface area contributed by atoms with Crippen LogP contribution in [-0.4, -0.2) is 31.9 Å². The number of methoxy groups -OCH3 is 2. The Hall–Kier alpha value is -5.83. The van der Waals surface area contributed by atoms with Gasteiger partial charge in [0.2, 0.25) is 5.91 Å². The molecule has 1 aromatic heterocycles. The zero-order chi connectivity index (χ0) is 37.3. The lowest BCUT2D eigenvalue weighted by atomic mass is 9.88. The molecule has 0 aliphatic heterocycles. The highest BCUT2D eigenvalue weighted by molar-refractivity contribution is 8.00. The van der Waals surface area contributed by atoms with Crippen molar-refractivity contribution in [1.29, 1.82) is 5.26 Å². The molecule has 0 saturated heterocycles. The van der Waals surface area contributed by atoms with Crippen molar-refractivity contribution in [3.05, 3.63) is 142 Å². The highest BCUT2D eigenvalue weighted by atomic mass is 32.2. The number of anilines is 2. The minimum absolute atomic E-state index is 0.0219. The molecule has 0 spiro atoms. The molecule has 3 N–H and O–H groups in total. The molecule has 268 valence electrons. The number of thioether (sulfide) groups is 1. The summed E-state index contributed by atoms with van der Waals surface area (Å²) in [5, 5.41) is 18.7. The second-order valence-corrected chi connectivity index (χ2v) is 14.8. The minimum Gasteiger partial charge on any atom is -0.493 e. The van der Waals surface area contributed by atoms with Crippen LogP contribution in [0.5, 0.6) is 11.5 Å². The predicted octanol–water partition coefficient (Wildman–Crippen LogP) is 8.64. The summed E-state index contributed by atoms with van der Waals surface area (Å²) in [5.41, 5.74) is 3.73. The second kappa shape index (κ2) is 17.1. The Morgan fingerprint density at radius 3 is 2.38 bits per heavy atom. The maximum atomic E-state index is 14.0. The van der Waals surface area contributed by atoms with Crippen molar-refractivity contribution < 1.29 is 23.9 Å². The van der Waals surface area contributed by atoms with Crippen molar-refractivity contribution in [2.75, 3.05) is 24.9 Å². The standard InChI is InChI=1S/C42H38N4O5S2/c1-26-20-21-32-33(25-43)42(53-36(32)22-26)46-41(49)38(27-12-6-4-7-13-27)52-31-18-11-17-30(24-31)44-40(48)34(45-39(47)28-14-8-5-9-15-28)23-29-16-10-19-35(50-2)37(29)51-3/h4-19,23-24,26,38H,20-22H2,1-3H3,(H,44,48)(H,45,47)(H,46,49)/b34-23+. The topological polar surface area (TPSA) is 130 Å². The fourth-order valence-electron chi connectivity index (χ4n) is 6.14. The van der Waals surface area contributed by atoms with Gasteiger partial charge in [0.1, 0.15) is 22.0 Å². The molecule has 1 aliphatic carbocycles. The van der Waals surface area contributed by atoms with Gasteiger partial charge in [0.05, 0.1) is 19.8 Å². The van der Waals surface area contributed by atoms with Crippen LogP contribution in [0.2, 0.25) is 0 Å². The van der Waals surface area contributed by atoms with Crippen LogP contribution in [0.3, 0.4) is 0 Å². The van der Waals surface area contributed by atoms with Crippen molar-refractivity contribution in [3.63, 3.8) is 0 Å². The normalized spacial score (nSPS) is 14.2. The van der Waals surface area contributed by atoms with Gasteiger partial charge in [-0.15, -0.1) is 23.1 Å². The lowest BCUT2D eigenvalue weighted by Gasteiger charge is -2.18. The van der Waals surface area contributed by atoms with Crippen LogP contribution in [-0.2, 0) is 22.4 Å². The molecule has 1 heterocycles. The molecule has 0 saturated carbocycles. The first kappa shape index (κ1) is 36.9. The number of nitrogens with one attached hydrogen (secondary N) is 3. The first-order valence-electron chi connectivity index (χ1n) is 17.1. The first-order chi connectivity index (χ1) is 25.8. The Bertz CT molecular complexity index is 2190. The first-order valence-corrected chi connectivity index (χ1v) is 18.7. The Balaban J connectivity index is 1.26. The van der Waals surface area contributed by atoms with Crippen molar-refractivity contribution in [2.24, 2.45) is 5.92 Å². The monoisotopic (exact) mass is 742 g/mol. The quantitative estimate of drug-likeness (QED) is 0.0862. The SMILES string of the molecule is COc1cccc(/C=C(/NC(=O)c2ccccc2)C(=O)Nc2cccc(SC(C(=O)Nc3sc4c(c3C#N)CCC(C)C4)c3ccccc3)c2)c1OC. The second-order valence-electron chi connectivity index (χ2n) is 12.5. The molecule has 6 rings (SSSR count). The highest BCUT2D eigenvalue weighted by Crippen LogP contribution is 2.42. The summed E-state index contributed by atoms with van der Waals surface area (Å²) >= 11 is 2.83. The van der Waals surface area contributed by atoms with Crippen molar-refractivity contribution in [2.45, 2.75) is 36.3 Å². The molecule has 1 aliphatic rings. The highest BCUT2D eigenvalue weighted by Gasteiger charge is 2.28. The van der Waals surface area contributed by atoms with Gasteiger partial charge in [-0.25, -0.2) is 0 Å². The van der Waals surface area contributed by atoms with E-state index in [-0.39, 0.29) is 11.6 Å². The van der Waals surface area contributed by atoms with E-state index in [0.717, 1.165) is 35.3 Å². The number of carbonyl (C=O) groups excluding carboxylic acids is 3. The van der Waals surface area contributed by atoms with Crippen LogP contribution in [0.4, 0.5) is 10.7 Å². The Labute approximate surface area is 317 Å². The van der Waals surface area contributed by atoms with E-state index < -0.39 is 17.1 Å². The van der Waals surface area contributed by atoms with Gasteiger partial charge in [0.15, 0.2) is 11.5 Å². The van der Waals surface area contributed by atoms with E-state index in [4.69, 9.17) is 9.47 Å². The van der Waals surface area contributed by atoms with Crippen LogP contribution in [0.1, 0.15) is 56.1 Å². The number of carbonyl (C=O) groups is 3. The minimum atomic E-state index is -0.659. The molecule has 9 nitrogen and oxygen atoms in total. The molecule has 0 bridgehead atoms. The van der Waals surface area contributed by atoms with Gasteiger partial charge < -0.3 is 25.4 Å². The van der Waals surface area contributed by atoms with E-state index in [9.17, 15) is 19.6 Å². The van der Waals surface area contributed by atoms with E-state index in [1.165, 1.54) is 48.3 Å². The molecule has 0 radical (unpaired) electrons. The van der Waals surface area contributed by atoms with Crippen molar-refractivity contribution in [3.8, 4) is 17.6 Å². The number of thiophene rings is 1. The van der Waals surface area contributed by atoms with Crippen LogP contribution < -0.4 is 25.4 Å². The summed E-state index contributed by atoms with van der Waals surface area (Å²) in [7, 11) is 3.02. The summed E-state index contributed by atoms with van der Waals surface area (Å²) < 4.78 is 11.0. The van der Waals surface area contributed by atoms with Gasteiger partial charge in [-0.2, -0.15) is 5.26 Å². The van der Waals surface area contributed by atoms with Gasteiger partial charge in [-0.1, -0.05) is 73.7 Å². The number of benzene rings is 4. The van der Waals surface area contributed by atoms with Gasteiger partial charge >= 0.3 is 0 Å². The summed E-state index contributed by atoms with van der Waals surface area (Å²) in [5.74, 6) is 0.119. The third-order valence-electron chi connectivity index (χ3n) is 8.81.